The third kappa shape index (κ3) is 4.06. The topological polar surface area (TPSA) is 40.7 Å². The lowest BCUT2D eigenvalue weighted by atomic mass is 10.0. The van der Waals surface area contributed by atoms with E-state index in [-0.39, 0.29) is 6.04 Å². The minimum Gasteiger partial charge on any atom is -0.361 e. The highest BCUT2D eigenvalue weighted by atomic mass is 32.1. The Morgan fingerprint density at radius 3 is 2.43 bits per heavy atom. The Morgan fingerprint density at radius 1 is 0.867 bits per heavy atom. The minimum atomic E-state index is 0.145. The fourth-order valence-corrected chi connectivity index (χ4v) is 4.70. The second kappa shape index (κ2) is 8.66. The first kappa shape index (κ1) is 18.8. The molecule has 0 saturated carbocycles. The summed E-state index contributed by atoms with van der Waals surface area (Å²) in [5, 5.41) is 8.32. The van der Waals surface area contributed by atoms with Crippen molar-refractivity contribution in [2.45, 2.75) is 19.0 Å². The first-order valence-corrected chi connectivity index (χ1v) is 11.1. The van der Waals surface area contributed by atoms with Gasteiger partial charge < -0.3 is 10.3 Å². The molecule has 5 rings (SSSR count). The molecule has 0 radical (unpaired) electrons. The lowest BCUT2D eigenvalue weighted by molar-refractivity contribution is 0.529. The van der Waals surface area contributed by atoms with Gasteiger partial charge in [-0.1, -0.05) is 78.9 Å². The van der Waals surface area contributed by atoms with Crippen molar-refractivity contribution in [2.75, 3.05) is 0 Å². The van der Waals surface area contributed by atoms with Crippen molar-refractivity contribution in [1.29, 1.82) is 0 Å². The number of benzene rings is 3. The molecule has 2 N–H and O–H groups in total. The van der Waals surface area contributed by atoms with Crippen LogP contribution in [-0.2, 0) is 13.0 Å². The van der Waals surface area contributed by atoms with Gasteiger partial charge in [-0.25, -0.2) is 4.98 Å². The standard InChI is InChI=1S/C26H23N3S/c1-3-9-19(10-4-1)16-27-24(15-21-17-28-23-14-8-7-13-22(21)23)26-29-25(18-30-26)20-11-5-2-6-12-20/h1-14,17-18,24,27-28H,15-16H2. The van der Waals surface area contributed by atoms with Crippen molar-refractivity contribution < 1.29 is 0 Å². The number of hydrogen-bond donors (Lipinski definition) is 2. The molecule has 148 valence electrons. The maximum absolute atomic E-state index is 5.00. The van der Waals surface area contributed by atoms with E-state index in [4.69, 9.17) is 4.98 Å². The van der Waals surface area contributed by atoms with Crippen LogP contribution in [0.3, 0.4) is 0 Å². The number of para-hydroxylation sites is 1. The van der Waals surface area contributed by atoms with E-state index < -0.39 is 0 Å². The lowest BCUT2D eigenvalue weighted by Crippen LogP contribution is -2.23. The lowest BCUT2D eigenvalue weighted by Gasteiger charge is -2.16. The van der Waals surface area contributed by atoms with Crippen LogP contribution in [0.5, 0.6) is 0 Å². The normalized spacial score (nSPS) is 12.3. The average molecular weight is 410 g/mol. The van der Waals surface area contributed by atoms with E-state index in [1.165, 1.54) is 22.0 Å². The third-order valence-corrected chi connectivity index (χ3v) is 6.34. The van der Waals surface area contributed by atoms with Gasteiger partial charge in [0.1, 0.15) is 5.01 Å². The zero-order valence-corrected chi connectivity index (χ0v) is 17.4. The molecule has 0 amide bonds. The van der Waals surface area contributed by atoms with Gasteiger partial charge in [-0.2, -0.15) is 0 Å². The predicted octanol–water partition coefficient (Wildman–Crippen LogP) is 6.37. The van der Waals surface area contributed by atoms with Crippen LogP contribution >= 0.6 is 11.3 Å². The van der Waals surface area contributed by atoms with Crippen LogP contribution in [0.15, 0.2) is 96.5 Å². The van der Waals surface area contributed by atoms with Gasteiger partial charge in [-0.3, -0.25) is 0 Å². The number of hydrogen-bond acceptors (Lipinski definition) is 3. The van der Waals surface area contributed by atoms with Gasteiger partial charge in [-0.15, -0.1) is 11.3 Å². The molecule has 5 aromatic rings. The first-order valence-electron chi connectivity index (χ1n) is 10.2. The highest BCUT2D eigenvalue weighted by molar-refractivity contribution is 7.10. The molecule has 0 spiro atoms. The van der Waals surface area contributed by atoms with Crippen molar-refractivity contribution in [3.05, 3.63) is 113 Å². The summed E-state index contributed by atoms with van der Waals surface area (Å²) >= 11 is 1.73. The molecular weight excluding hydrogens is 386 g/mol. The second-order valence-corrected chi connectivity index (χ2v) is 8.31. The number of nitrogens with one attached hydrogen (secondary N) is 2. The Hall–Kier alpha value is -3.21. The Morgan fingerprint density at radius 2 is 1.60 bits per heavy atom. The summed E-state index contributed by atoms with van der Waals surface area (Å²) in [4.78, 5) is 8.40. The van der Waals surface area contributed by atoms with Crippen LogP contribution in [0, 0.1) is 0 Å². The summed E-state index contributed by atoms with van der Waals surface area (Å²) in [5.41, 5.74) is 5.97. The highest BCUT2D eigenvalue weighted by Crippen LogP contribution is 2.29. The summed E-state index contributed by atoms with van der Waals surface area (Å²) in [6.45, 7) is 0.814. The van der Waals surface area contributed by atoms with Gasteiger partial charge in [0.15, 0.2) is 0 Å². The fourth-order valence-electron chi connectivity index (χ4n) is 3.79. The molecule has 1 atom stereocenters. The third-order valence-electron chi connectivity index (χ3n) is 5.38. The Labute approximate surface area is 180 Å². The second-order valence-electron chi connectivity index (χ2n) is 7.42. The van der Waals surface area contributed by atoms with Crippen LogP contribution in [0.25, 0.3) is 22.2 Å². The highest BCUT2D eigenvalue weighted by Gasteiger charge is 2.18. The molecule has 0 aliphatic carbocycles. The molecular formula is C26H23N3S. The summed E-state index contributed by atoms with van der Waals surface area (Å²) in [6, 6.07) is 29.6. The molecule has 0 aliphatic rings. The van der Waals surface area contributed by atoms with E-state index in [1.54, 1.807) is 11.3 Å². The SMILES string of the molecule is c1ccc(CNC(Cc2c[nH]c3ccccc23)c2nc(-c3ccccc3)cs2)cc1. The molecule has 30 heavy (non-hydrogen) atoms. The minimum absolute atomic E-state index is 0.145. The average Bonchev–Trinajstić information content (AvgIpc) is 3.46. The number of fused-ring (bicyclic) bond motifs is 1. The first-order chi connectivity index (χ1) is 14.9. The number of H-pyrrole nitrogens is 1. The summed E-state index contributed by atoms with van der Waals surface area (Å²) in [5.74, 6) is 0. The van der Waals surface area contributed by atoms with E-state index in [9.17, 15) is 0 Å². The maximum atomic E-state index is 5.00. The molecule has 1 unspecified atom stereocenters. The Bertz CT molecular complexity index is 1220. The van der Waals surface area contributed by atoms with Crippen LogP contribution in [-0.4, -0.2) is 9.97 Å². The van der Waals surface area contributed by atoms with E-state index in [0.29, 0.717) is 0 Å². The monoisotopic (exact) mass is 409 g/mol. The van der Waals surface area contributed by atoms with Crippen LogP contribution < -0.4 is 5.32 Å². The van der Waals surface area contributed by atoms with Gasteiger partial charge in [0.2, 0.25) is 0 Å². The van der Waals surface area contributed by atoms with Crippen molar-refractivity contribution in [3.63, 3.8) is 0 Å². The van der Waals surface area contributed by atoms with E-state index >= 15 is 0 Å². The molecule has 0 fully saturated rings. The van der Waals surface area contributed by atoms with E-state index in [0.717, 1.165) is 29.2 Å². The van der Waals surface area contributed by atoms with Gasteiger partial charge in [-0.05, 0) is 23.6 Å². The predicted molar refractivity (Wildman–Crippen MR) is 126 cm³/mol. The molecule has 0 bridgehead atoms. The quantitative estimate of drug-likeness (QED) is 0.328. The zero-order chi connectivity index (χ0) is 20.2. The maximum Gasteiger partial charge on any atom is 0.111 e. The fraction of sp³-hybridized carbons (Fsp3) is 0.115. The van der Waals surface area contributed by atoms with E-state index in [2.05, 4.69) is 101 Å². The molecule has 0 saturated heterocycles. The number of aromatic nitrogens is 2. The molecule has 4 heteroatoms. The molecule has 3 nitrogen and oxygen atoms in total. The van der Waals surface area contributed by atoms with Gasteiger partial charge in [0.25, 0.3) is 0 Å². The molecule has 0 aliphatic heterocycles. The van der Waals surface area contributed by atoms with Crippen LogP contribution in [0.2, 0.25) is 0 Å². The Kier molecular flexibility index (Phi) is 5.42. The van der Waals surface area contributed by atoms with Crippen molar-refractivity contribution in [2.24, 2.45) is 0 Å². The smallest absolute Gasteiger partial charge is 0.111 e. The van der Waals surface area contributed by atoms with Gasteiger partial charge in [0, 0.05) is 34.6 Å². The largest absolute Gasteiger partial charge is 0.361 e. The van der Waals surface area contributed by atoms with Gasteiger partial charge in [0.05, 0.1) is 11.7 Å². The summed E-state index contributed by atoms with van der Waals surface area (Å²) in [6.07, 6.45) is 3.02. The van der Waals surface area contributed by atoms with Crippen molar-refractivity contribution in [1.82, 2.24) is 15.3 Å². The van der Waals surface area contributed by atoms with Gasteiger partial charge >= 0.3 is 0 Å². The molecule has 2 heterocycles. The molecule has 3 aromatic carbocycles. The zero-order valence-electron chi connectivity index (χ0n) is 16.6. The van der Waals surface area contributed by atoms with Crippen LogP contribution in [0.1, 0.15) is 22.2 Å². The van der Waals surface area contributed by atoms with Crippen LogP contribution in [0.4, 0.5) is 0 Å². The summed E-state index contributed by atoms with van der Waals surface area (Å²) < 4.78 is 0. The van der Waals surface area contributed by atoms with E-state index in [1.807, 2.05) is 6.07 Å². The molecule has 2 aromatic heterocycles. The number of thiazole rings is 1. The Balaban J connectivity index is 1.44. The number of aromatic amines is 1. The van der Waals surface area contributed by atoms with Crippen molar-refractivity contribution in [3.8, 4) is 11.3 Å². The van der Waals surface area contributed by atoms with Crippen molar-refractivity contribution >= 4 is 22.2 Å². The summed E-state index contributed by atoms with van der Waals surface area (Å²) in [7, 11) is 0. The number of rotatable bonds is 7. The number of nitrogens with zero attached hydrogens (tertiary/aromatic N) is 1.